The van der Waals surface area contributed by atoms with Gasteiger partial charge in [-0.1, -0.05) is 6.07 Å². The Kier molecular flexibility index (Phi) is 4.94. The van der Waals surface area contributed by atoms with E-state index in [0.29, 0.717) is 4.90 Å². The normalized spacial score (nSPS) is 11.9. The van der Waals surface area contributed by atoms with Crippen LogP contribution >= 0.6 is 0 Å². The molecule has 0 aliphatic carbocycles. The Hall–Kier alpha value is -1.40. The smallest absolute Gasteiger partial charge is 0.304 e. The summed E-state index contributed by atoms with van der Waals surface area (Å²) in [6.45, 7) is 7.26. The number of carbonyl (C=O) groups is 1. The molecule has 20 heavy (non-hydrogen) atoms. The third kappa shape index (κ3) is 3.19. The quantitative estimate of drug-likeness (QED) is 0.902. The standard InChI is InChI=1S/C14H21NO4S/c1-9-8-10(2)12(4)14(11(9)3)20(18,19)15(5)7-6-13(16)17/h8H,6-7H2,1-5H3,(H,16,17). The Labute approximate surface area is 120 Å². The van der Waals surface area contributed by atoms with Crippen molar-refractivity contribution in [3.63, 3.8) is 0 Å². The van der Waals surface area contributed by atoms with E-state index >= 15 is 0 Å². The van der Waals surface area contributed by atoms with Crippen molar-refractivity contribution in [1.29, 1.82) is 0 Å². The van der Waals surface area contributed by atoms with Crippen LogP contribution in [0.4, 0.5) is 0 Å². The zero-order valence-corrected chi connectivity index (χ0v) is 13.3. The van der Waals surface area contributed by atoms with Crippen molar-refractivity contribution in [2.45, 2.75) is 39.0 Å². The Bertz CT molecular complexity index is 609. The van der Waals surface area contributed by atoms with Crippen molar-refractivity contribution in [2.75, 3.05) is 13.6 Å². The first kappa shape index (κ1) is 16.7. The first-order chi connectivity index (χ1) is 9.09. The van der Waals surface area contributed by atoms with Gasteiger partial charge in [0.25, 0.3) is 0 Å². The molecular weight excluding hydrogens is 278 g/mol. The molecule has 1 aromatic rings. The topological polar surface area (TPSA) is 74.7 Å². The van der Waals surface area contributed by atoms with Crippen LogP contribution in [0, 0.1) is 27.7 Å². The van der Waals surface area contributed by atoms with Crippen molar-refractivity contribution in [1.82, 2.24) is 4.31 Å². The fourth-order valence-electron chi connectivity index (χ4n) is 2.10. The molecule has 6 heteroatoms. The highest BCUT2D eigenvalue weighted by molar-refractivity contribution is 7.89. The lowest BCUT2D eigenvalue weighted by Crippen LogP contribution is -2.30. The van der Waals surface area contributed by atoms with E-state index < -0.39 is 16.0 Å². The predicted molar refractivity (Wildman–Crippen MR) is 77.5 cm³/mol. The number of hydrogen-bond donors (Lipinski definition) is 1. The van der Waals surface area contributed by atoms with Gasteiger partial charge in [0.1, 0.15) is 0 Å². The molecule has 0 fully saturated rings. The van der Waals surface area contributed by atoms with E-state index in [9.17, 15) is 13.2 Å². The summed E-state index contributed by atoms with van der Waals surface area (Å²) in [6, 6.07) is 1.96. The summed E-state index contributed by atoms with van der Waals surface area (Å²) in [4.78, 5) is 10.9. The SMILES string of the molecule is Cc1cc(C)c(C)c(S(=O)(=O)N(C)CCC(=O)O)c1C. The lowest BCUT2D eigenvalue weighted by Gasteiger charge is -2.21. The van der Waals surface area contributed by atoms with Crippen LogP contribution in [-0.2, 0) is 14.8 Å². The van der Waals surface area contributed by atoms with E-state index in [1.165, 1.54) is 7.05 Å². The molecule has 1 aromatic carbocycles. The molecule has 5 nitrogen and oxygen atoms in total. The molecule has 112 valence electrons. The van der Waals surface area contributed by atoms with Crippen LogP contribution in [0.1, 0.15) is 28.7 Å². The van der Waals surface area contributed by atoms with Crippen LogP contribution in [0.5, 0.6) is 0 Å². The summed E-state index contributed by atoms with van der Waals surface area (Å²) in [7, 11) is -2.26. The van der Waals surface area contributed by atoms with Gasteiger partial charge in [0.15, 0.2) is 0 Å². The summed E-state index contributed by atoms with van der Waals surface area (Å²) in [5, 5.41) is 8.67. The van der Waals surface area contributed by atoms with E-state index in [-0.39, 0.29) is 13.0 Å². The molecule has 0 bridgehead atoms. The van der Waals surface area contributed by atoms with Gasteiger partial charge in [-0.05, 0) is 49.9 Å². The maximum absolute atomic E-state index is 12.6. The minimum absolute atomic E-state index is 0.0382. The maximum atomic E-state index is 12.6. The number of rotatable bonds is 5. The van der Waals surface area contributed by atoms with Gasteiger partial charge in [-0.25, -0.2) is 12.7 Å². The fraction of sp³-hybridized carbons (Fsp3) is 0.500. The molecule has 0 atom stereocenters. The van der Waals surface area contributed by atoms with E-state index in [1.54, 1.807) is 13.8 Å². The van der Waals surface area contributed by atoms with Gasteiger partial charge in [0, 0.05) is 13.6 Å². The number of nitrogens with zero attached hydrogens (tertiary/aromatic N) is 1. The van der Waals surface area contributed by atoms with Gasteiger partial charge in [-0.3, -0.25) is 4.79 Å². The first-order valence-electron chi connectivity index (χ1n) is 6.34. The molecule has 0 unspecified atom stereocenters. The van der Waals surface area contributed by atoms with E-state index in [2.05, 4.69) is 0 Å². The number of carboxylic acid groups (broad SMARTS) is 1. The van der Waals surface area contributed by atoms with E-state index in [4.69, 9.17) is 5.11 Å². The summed E-state index contributed by atoms with van der Waals surface area (Å²) < 4.78 is 26.4. The summed E-state index contributed by atoms with van der Waals surface area (Å²) >= 11 is 0. The fourth-order valence-corrected chi connectivity index (χ4v) is 3.84. The molecule has 0 saturated heterocycles. The van der Waals surface area contributed by atoms with Crippen molar-refractivity contribution in [3.8, 4) is 0 Å². The Morgan fingerprint density at radius 2 is 1.60 bits per heavy atom. The monoisotopic (exact) mass is 299 g/mol. The summed E-state index contributed by atoms with van der Waals surface area (Å²) in [5.74, 6) is -1.01. The number of benzene rings is 1. The number of carboxylic acids is 1. The lowest BCUT2D eigenvalue weighted by molar-refractivity contribution is -0.137. The molecular formula is C14H21NO4S. The number of hydrogen-bond acceptors (Lipinski definition) is 3. The Morgan fingerprint density at radius 1 is 1.15 bits per heavy atom. The maximum Gasteiger partial charge on any atom is 0.304 e. The lowest BCUT2D eigenvalue weighted by atomic mass is 10.0. The molecule has 1 N–H and O–H groups in total. The van der Waals surface area contributed by atoms with Crippen LogP contribution in [0.2, 0.25) is 0 Å². The second-order valence-corrected chi connectivity index (χ2v) is 7.04. The van der Waals surface area contributed by atoms with Gasteiger partial charge in [-0.15, -0.1) is 0 Å². The zero-order valence-electron chi connectivity index (χ0n) is 12.5. The first-order valence-corrected chi connectivity index (χ1v) is 7.78. The van der Waals surface area contributed by atoms with E-state index in [0.717, 1.165) is 26.6 Å². The van der Waals surface area contributed by atoms with Crippen LogP contribution in [-0.4, -0.2) is 37.4 Å². The third-order valence-electron chi connectivity index (χ3n) is 3.61. The second kappa shape index (κ2) is 5.93. The minimum Gasteiger partial charge on any atom is -0.481 e. The summed E-state index contributed by atoms with van der Waals surface area (Å²) in [5.41, 5.74) is 3.27. The number of aliphatic carboxylic acids is 1. The van der Waals surface area contributed by atoms with Gasteiger partial charge < -0.3 is 5.11 Å². The average molecular weight is 299 g/mol. The zero-order chi connectivity index (χ0) is 15.7. The Balaban J connectivity index is 3.32. The number of sulfonamides is 1. The van der Waals surface area contributed by atoms with Crippen LogP contribution < -0.4 is 0 Å². The van der Waals surface area contributed by atoms with Gasteiger partial charge in [0.2, 0.25) is 10.0 Å². The number of aryl methyl sites for hydroxylation is 2. The minimum atomic E-state index is -3.67. The highest BCUT2D eigenvalue weighted by Gasteiger charge is 2.26. The molecule has 0 amide bonds. The molecule has 0 aliphatic rings. The average Bonchev–Trinajstić information content (AvgIpc) is 2.33. The molecule has 0 heterocycles. The van der Waals surface area contributed by atoms with Crippen molar-refractivity contribution in [2.24, 2.45) is 0 Å². The van der Waals surface area contributed by atoms with Gasteiger partial charge >= 0.3 is 5.97 Å². The Morgan fingerprint density at radius 3 is 2.00 bits per heavy atom. The van der Waals surface area contributed by atoms with Crippen molar-refractivity contribution < 1.29 is 18.3 Å². The van der Waals surface area contributed by atoms with Gasteiger partial charge in [-0.2, -0.15) is 0 Å². The second-order valence-electron chi connectivity index (χ2n) is 5.06. The highest BCUT2D eigenvalue weighted by Crippen LogP contribution is 2.28. The third-order valence-corrected chi connectivity index (χ3v) is 5.74. The van der Waals surface area contributed by atoms with Crippen LogP contribution in [0.3, 0.4) is 0 Å². The highest BCUT2D eigenvalue weighted by atomic mass is 32.2. The molecule has 0 aliphatic heterocycles. The van der Waals surface area contributed by atoms with E-state index in [1.807, 2.05) is 19.9 Å². The van der Waals surface area contributed by atoms with Crippen LogP contribution in [0.15, 0.2) is 11.0 Å². The molecule has 0 saturated carbocycles. The van der Waals surface area contributed by atoms with Crippen molar-refractivity contribution >= 4 is 16.0 Å². The largest absolute Gasteiger partial charge is 0.481 e. The van der Waals surface area contributed by atoms with Gasteiger partial charge in [0.05, 0.1) is 11.3 Å². The van der Waals surface area contributed by atoms with Crippen molar-refractivity contribution in [3.05, 3.63) is 28.3 Å². The molecule has 0 spiro atoms. The molecule has 0 radical (unpaired) electrons. The molecule has 1 rings (SSSR count). The predicted octanol–water partition coefficient (Wildman–Crippen LogP) is 2.02. The molecule has 0 aromatic heterocycles. The summed E-state index contributed by atoms with van der Waals surface area (Å²) in [6.07, 6.45) is -0.210. The van der Waals surface area contributed by atoms with Crippen LogP contribution in [0.25, 0.3) is 0 Å².